The molecule has 1 aliphatic rings. The van der Waals surface area contributed by atoms with Crippen LogP contribution in [0.4, 0.5) is 0 Å². The maximum absolute atomic E-state index is 12.0. The summed E-state index contributed by atoms with van der Waals surface area (Å²) in [6, 6.07) is 0. The van der Waals surface area contributed by atoms with Crippen molar-refractivity contribution in [3.05, 3.63) is 23.3 Å². The monoisotopic (exact) mass is 338 g/mol. The van der Waals surface area contributed by atoms with Crippen LogP contribution >= 0.6 is 0 Å². The normalized spacial score (nSPS) is 25.2. The zero-order valence-corrected chi connectivity index (χ0v) is 17.4. The lowest BCUT2D eigenvalue weighted by atomic mass is 9.88. The van der Waals surface area contributed by atoms with Crippen molar-refractivity contribution in [1.29, 1.82) is 0 Å². The second-order valence-corrected chi connectivity index (χ2v) is 13.3. The van der Waals surface area contributed by atoms with Crippen molar-refractivity contribution in [2.24, 2.45) is 5.41 Å². The summed E-state index contributed by atoms with van der Waals surface area (Å²) in [5, 5.41) is 0.136. The van der Waals surface area contributed by atoms with Crippen LogP contribution in [-0.2, 0) is 14.0 Å². The van der Waals surface area contributed by atoms with Crippen molar-refractivity contribution in [1.82, 2.24) is 0 Å². The summed E-state index contributed by atoms with van der Waals surface area (Å²) in [5.74, 6) is -0.275. The van der Waals surface area contributed by atoms with E-state index in [0.717, 1.165) is 12.0 Å². The Bertz CT molecular complexity index is 507. The van der Waals surface area contributed by atoms with Crippen LogP contribution in [0.15, 0.2) is 23.3 Å². The Kier molecular flexibility index (Phi) is 6.08. The van der Waals surface area contributed by atoms with Gasteiger partial charge in [0.1, 0.15) is 0 Å². The number of allylic oxidation sites excluding steroid dienone is 1. The van der Waals surface area contributed by atoms with Gasteiger partial charge in [0, 0.05) is 6.08 Å². The van der Waals surface area contributed by atoms with Crippen molar-refractivity contribution in [3.8, 4) is 0 Å². The lowest BCUT2D eigenvalue weighted by Crippen LogP contribution is -2.46. The molecule has 0 aromatic rings. The summed E-state index contributed by atoms with van der Waals surface area (Å²) in [5.41, 5.74) is 2.18. The predicted octanol–water partition coefficient (Wildman–Crippen LogP) is 5.24. The van der Waals surface area contributed by atoms with Crippen LogP contribution in [0.5, 0.6) is 0 Å². The van der Waals surface area contributed by atoms with Gasteiger partial charge in [0.05, 0.1) is 12.7 Å². The summed E-state index contributed by atoms with van der Waals surface area (Å²) in [6.45, 7) is 19.9. The molecule has 0 heterocycles. The average Bonchev–Trinajstić information content (AvgIpc) is 2.61. The van der Waals surface area contributed by atoms with Gasteiger partial charge in [0.2, 0.25) is 0 Å². The quantitative estimate of drug-likeness (QED) is 0.399. The highest BCUT2D eigenvalue weighted by Gasteiger charge is 2.48. The van der Waals surface area contributed by atoms with Crippen molar-refractivity contribution >= 4 is 14.3 Å². The largest absolute Gasteiger partial charge is 0.463 e. The Morgan fingerprint density at radius 2 is 1.91 bits per heavy atom. The summed E-state index contributed by atoms with van der Waals surface area (Å²) in [6.07, 6.45) is 4.61. The molecule has 0 aromatic heterocycles. The molecule has 1 fully saturated rings. The van der Waals surface area contributed by atoms with Crippen molar-refractivity contribution in [2.75, 3.05) is 6.61 Å². The highest BCUT2D eigenvalue weighted by Crippen LogP contribution is 2.49. The molecule has 1 unspecified atom stereocenters. The minimum absolute atomic E-state index is 0.0182. The van der Waals surface area contributed by atoms with Crippen LogP contribution in [0.2, 0.25) is 18.1 Å². The lowest BCUT2D eigenvalue weighted by molar-refractivity contribution is -0.137. The number of hydrogen-bond donors (Lipinski definition) is 0. The number of carbonyl (C=O) groups excluding carboxylic acids is 1. The number of ether oxygens (including phenoxy) is 1. The van der Waals surface area contributed by atoms with E-state index in [1.165, 1.54) is 5.57 Å². The first-order valence-corrected chi connectivity index (χ1v) is 11.5. The van der Waals surface area contributed by atoms with E-state index in [1.54, 1.807) is 6.08 Å². The van der Waals surface area contributed by atoms with E-state index in [2.05, 4.69) is 53.8 Å². The summed E-state index contributed by atoms with van der Waals surface area (Å²) < 4.78 is 11.8. The molecule has 23 heavy (non-hydrogen) atoms. The van der Waals surface area contributed by atoms with E-state index in [-0.39, 0.29) is 22.5 Å². The first kappa shape index (κ1) is 20.2. The van der Waals surface area contributed by atoms with Gasteiger partial charge in [-0.15, -0.1) is 0 Å². The van der Waals surface area contributed by atoms with Gasteiger partial charge in [-0.05, 0) is 55.0 Å². The maximum atomic E-state index is 12.0. The summed E-state index contributed by atoms with van der Waals surface area (Å²) >= 11 is 0. The van der Waals surface area contributed by atoms with Gasteiger partial charge in [-0.25, -0.2) is 4.79 Å². The number of esters is 1. The Hall–Kier alpha value is -0.873. The predicted molar refractivity (Wildman–Crippen MR) is 98.9 cm³/mol. The van der Waals surface area contributed by atoms with Crippen LogP contribution < -0.4 is 0 Å². The highest BCUT2D eigenvalue weighted by atomic mass is 28.4. The molecule has 4 heteroatoms. The van der Waals surface area contributed by atoms with Gasteiger partial charge in [-0.2, -0.15) is 0 Å². The maximum Gasteiger partial charge on any atom is 0.331 e. The molecule has 3 nitrogen and oxygen atoms in total. The van der Waals surface area contributed by atoms with Crippen LogP contribution in [0.25, 0.3) is 0 Å². The zero-order chi connectivity index (χ0) is 18.1. The van der Waals surface area contributed by atoms with Crippen molar-refractivity contribution in [2.45, 2.75) is 79.1 Å². The molecule has 0 radical (unpaired) electrons. The fraction of sp³-hybridized carbons (Fsp3) is 0.737. The van der Waals surface area contributed by atoms with Crippen molar-refractivity contribution in [3.63, 3.8) is 0 Å². The fourth-order valence-corrected chi connectivity index (χ4v) is 4.11. The first-order chi connectivity index (χ1) is 10.4. The Labute approximate surface area is 143 Å². The van der Waals surface area contributed by atoms with Crippen LogP contribution in [-0.4, -0.2) is 27.0 Å². The molecule has 0 aliphatic heterocycles. The first-order valence-electron chi connectivity index (χ1n) is 8.57. The molecule has 0 aromatic carbocycles. The van der Waals surface area contributed by atoms with E-state index < -0.39 is 8.32 Å². The van der Waals surface area contributed by atoms with E-state index >= 15 is 0 Å². The molecule has 1 aliphatic carbocycles. The Morgan fingerprint density at radius 1 is 1.35 bits per heavy atom. The molecule has 1 atom stereocenters. The van der Waals surface area contributed by atoms with Crippen LogP contribution in [0.1, 0.15) is 54.9 Å². The van der Waals surface area contributed by atoms with Gasteiger partial charge in [-0.1, -0.05) is 40.7 Å². The molecule has 0 N–H and O–H groups in total. The van der Waals surface area contributed by atoms with E-state index in [9.17, 15) is 4.79 Å². The lowest BCUT2D eigenvalue weighted by Gasteiger charge is -2.42. The zero-order valence-electron chi connectivity index (χ0n) is 16.4. The number of rotatable bonds is 4. The second kappa shape index (κ2) is 6.94. The van der Waals surface area contributed by atoms with Crippen LogP contribution in [0.3, 0.4) is 0 Å². The fourth-order valence-electron chi connectivity index (χ4n) is 2.72. The van der Waals surface area contributed by atoms with Crippen molar-refractivity contribution < 1.29 is 14.0 Å². The smallest absolute Gasteiger partial charge is 0.331 e. The van der Waals surface area contributed by atoms with Gasteiger partial charge in [-0.3, -0.25) is 0 Å². The number of hydrogen-bond acceptors (Lipinski definition) is 3. The summed E-state index contributed by atoms with van der Waals surface area (Å²) in [7, 11) is -1.93. The highest BCUT2D eigenvalue weighted by molar-refractivity contribution is 6.74. The molecular formula is C19H34O3Si. The van der Waals surface area contributed by atoms with Gasteiger partial charge >= 0.3 is 5.97 Å². The third kappa shape index (κ3) is 4.57. The Morgan fingerprint density at radius 3 is 2.35 bits per heavy atom. The van der Waals surface area contributed by atoms with Gasteiger partial charge in [0.15, 0.2) is 8.32 Å². The SMILES string of the molecule is C/C=C1\CC(C)(C)C(O[Si](C)(C)C(C)(C)C)\C1=C\C(=O)OCC. The van der Waals surface area contributed by atoms with Gasteiger partial charge < -0.3 is 9.16 Å². The van der Waals surface area contributed by atoms with E-state index in [4.69, 9.17) is 9.16 Å². The minimum atomic E-state index is -1.93. The third-order valence-corrected chi connectivity index (χ3v) is 9.57. The van der Waals surface area contributed by atoms with E-state index in [1.807, 2.05) is 13.8 Å². The van der Waals surface area contributed by atoms with E-state index in [0.29, 0.717) is 6.61 Å². The molecule has 0 spiro atoms. The Balaban J connectivity index is 3.25. The molecule has 0 saturated heterocycles. The molecule has 0 amide bonds. The van der Waals surface area contributed by atoms with Gasteiger partial charge in [0.25, 0.3) is 0 Å². The second-order valence-electron chi connectivity index (χ2n) is 8.59. The molecule has 1 rings (SSSR count). The standard InChI is InChI=1S/C19H34O3Si/c1-10-14-13-19(6,7)17(15(14)12-16(20)21-11-2)22-23(8,9)18(3,4)5/h10,12,17H,11,13H2,1-9H3/b14-10+,15-12+. The molecule has 132 valence electrons. The number of carbonyl (C=O) groups is 1. The summed E-state index contributed by atoms with van der Waals surface area (Å²) in [4.78, 5) is 12.0. The topological polar surface area (TPSA) is 35.5 Å². The third-order valence-electron chi connectivity index (χ3n) is 5.14. The average molecular weight is 339 g/mol. The molecule has 1 saturated carbocycles. The minimum Gasteiger partial charge on any atom is -0.463 e. The molecule has 0 bridgehead atoms. The molecular weight excluding hydrogens is 304 g/mol. The van der Waals surface area contributed by atoms with Crippen LogP contribution in [0, 0.1) is 5.41 Å².